The molecule has 0 aliphatic rings. The van der Waals surface area contributed by atoms with E-state index in [0.717, 1.165) is 0 Å². The van der Waals surface area contributed by atoms with Crippen molar-refractivity contribution in [1.82, 2.24) is 4.90 Å². The maximum atomic E-state index is 11.8. The standard InChI is InChI=1S/C13H17N3O2/c1-2-16(7-8-17)10-13(18)15-12-6-4-3-5-11(12)9-14/h3-6,17H,2,7-8,10H2,1H3,(H,15,18). The maximum Gasteiger partial charge on any atom is 0.238 e. The van der Waals surface area contributed by atoms with Crippen LogP contribution < -0.4 is 5.32 Å². The Kier molecular flexibility index (Phi) is 5.85. The molecule has 0 saturated heterocycles. The summed E-state index contributed by atoms with van der Waals surface area (Å²) < 4.78 is 0. The molecule has 2 N–H and O–H groups in total. The Bertz CT molecular complexity index is 440. The molecule has 18 heavy (non-hydrogen) atoms. The monoisotopic (exact) mass is 247 g/mol. The molecule has 0 heterocycles. The highest BCUT2D eigenvalue weighted by Gasteiger charge is 2.10. The number of nitriles is 1. The van der Waals surface area contributed by atoms with Crippen molar-refractivity contribution in [2.24, 2.45) is 0 Å². The number of rotatable bonds is 6. The molecule has 0 aliphatic carbocycles. The van der Waals surface area contributed by atoms with Gasteiger partial charge in [-0.2, -0.15) is 5.26 Å². The van der Waals surface area contributed by atoms with Gasteiger partial charge in [0.25, 0.3) is 0 Å². The van der Waals surface area contributed by atoms with Gasteiger partial charge in [0, 0.05) is 6.54 Å². The van der Waals surface area contributed by atoms with E-state index in [1.165, 1.54) is 0 Å². The zero-order chi connectivity index (χ0) is 13.4. The SMILES string of the molecule is CCN(CCO)CC(=O)Nc1ccccc1C#N. The number of amides is 1. The van der Waals surface area contributed by atoms with Gasteiger partial charge in [-0.25, -0.2) is 0 Å². The van der Waals surface area contributed by atoms with Crippen molar-refractivity contribution in [3.8, 4) is 6.07 Å². The lowest BCUT2D eigenvalue weighted by atomic mass is 10.2. The van der Waals surface area contributed by atoms with E-state index < -0.39 is 0 Å². The second kappa shape index (κ2) is 7.43. The molecule has 0 radical (unpaired) electrons. The summed E-state index contributed by atoms with van der Waals surface area (Å²) in [6.45, 7) is 3.30. The molecule has 0 atom stereocenters. The number of carbonyl (C=O) groups is 1. The molecular weight excluding hydrogens is 230 g/mol. The van der Waals surface area contributed by atoms with Gasteiger partial charge in [-0.1, -0.05) is 19.1 Å². The fourth-order valence-corrected chi connectivity index (χ4v) is 1.57. The summed E-state index contributed by atoms with van der Waals surface area (Å²) in [5.41, 5.74) is 0.959. The van der Waals surface area contributed by atoms with Gasteiger partial charge in [0.2, 0.25) is 5.91 Å². The third-order valence-electron chi connectivity index (χ3n) is 2.55. The van der Waals surface area contributed by atoms with E-state index in [0.29, 0.717) is 24.3 Å². The third kappa shape index (κ3) is 4.17. The first-order valence-electron chi connectivity index (χ1n) is 5.83. The number of anilines is 1. The van der Waals surface area contributed by atoms with Crippen LogP contribution >= 0.6 is 0 Å². The van der Waals surface area contributed by atoms with Crippen molar-refractivity contribution in [2.45, 2.75) is 6.92 Å². The van der Waals surface area contributed by atoms with Gasteiger partial charge >= 0.3 is 0 Å². The average molecular weight is 247 g/mol. The summed E-state index contributed by atoms with van der Waals surface area (Å²) in [6, 6.07) is 8.89. The molecule has 0 bridgehead atoms. The summed E-state index contributed by atoms with van der Waals surface area (Å²) in [5, 5.41) is 20.4. The van der Waals surface area contributed by atoms with E-state index in [-0.39, 0.29) is 19.1 Å². The molecule has 5 nitrogen and oxygen atoms in total. The van der Waals surface area contributed by atoms with E-state index in [4.69, 9.17) is 10.4 Å². The molecule has 0 fully saturated rings. The summed E-state index contributed by atoms with van der Waals surface area (Å²) in [6.07, 6.45) is 0. The Morgan fingerprint density at radius 3 is 2.83 bits per heavy atom. The van der Waals surface area contributed by atoms with Crippen LogP contribution in [-0.2, 0) is 4.79 Å². The van der Waals surface area contributed by atoms with Gasteiger partial charge in [0.1, 0.15) is 6.07 Å². The maximum absolute atomic E-state index is 11.8. The second-order valence-electron chi connectivity index (χ2n) is 3.80. The zero-order valence-corrected chi connectivity index (χ0v) is 10.4. The van der Waals surface area contributed by atoms with Gasteiger partial charge in [-0.3, -0.25) is 9.69 Å². The number of nitrogens with zero attached hydrogens (tertiary/aromatic N) is 2. The van der Waals surface area contributed by atoms with E-state index >= 15 is 0 Å². The molecule has 1 amide bonds. The highest BCUT2D eigenvalue weighted by atomic mass is 16.3. The molecule has 5 heteroatoms. The number of para-hydroxylation sites is 1. The molecule has 1 aromatic carbocycles. The summed E-state index contributed by atoms with van der Waals surface area (Å²) in [7, 11) is 0. The Morgan fingerprint density at radius 1 is 1.50 bits per heavy atom. The smallest absolute Gasteiger partial charge is 0.238 e. The molecule has 0 saturated carbocycles. The van der Waals surface area contributed by atoms with Crippen LogP contribution in [0, 0.1) is 11.3 Å². The van der Waals surface area contributed by atoms with E-state index in [1.807, 2.05) is 17.9 Å². The molecule has 0 aromatic heterocycles. The largest absolute Gasteiger partial charge is 0.395 e. The van der Waals surface area contributed by atoms with Gasteiger partial charge < -0.3 is 10.4 Å². The number of likely N-dealkylation sites (N-methyl/N-ethyl adjacent to an activating group) is 1. The average Bonchev–Trinajstić information content (AvgIpc) is 2.38. The third-order valence-corrected chi connectivity index (χ3v) is 2.55. The van der Waals surface area contributed by atoms with Crippen molar-refractivity contribution >= 4 is 11.6 Å². The zero-order valence-electron chi connectivity index (χ0n) is 10.4. The summed E-state index contributed by atoms with van der Waals surface area (Å²) in [5.74, 6) is -0.187. The van der Waals surface area contributed by atoms with Gasteiger partial charge in [-0.15, -0.1) is 0 Å². The summed E-state index contributed by atoms with van der Waals surface area (Å²) >= 11 is 0. The summed E-state index contributed by atoms with van der Waals surface area (Å²) in [4.78, 5) is 13.6. The van der Waals surface area contributed by atoms with Crippen molar-refractivity contribution in [1.29, 1.82) is 5.26 Å². The first-order chi connectivity index (χ1) is 8.71. The highest BCUT2D eigenvalue weighted by molar-refractivity contribution is 5.93. The quantitative estimate of drug-likeness (QED) is 0.780. The van der Waals surface area contributed by atoms with E-state index in [2.05, 4.69) is 5.32 Å². The Hall–Kier alpha value is -1.90. The van der Waals surface area contributed by atoms with Crippen LogP contribution in [0.3, 0.4) is 0 Å². The lowest BCUT2D eigenvalue weighted by Crippen LogP contribution is -2.35. The second-order valence-corrected chi connectivity index (χ2v) is 3.80. The highest BCUT2D eigenvalue weighted by Crippen LogP contribution is 2.13. The van der Waals surface area contributed by atoms with Crippen LogP contribution in [0.4, 0.5) is 5.69 Å². The number of nitrogens with one attached hydrogen (secondary N) is 1. The minimum absolute atomic E-state index is 0.0237. The number of hydrogen-bond donors (Lipinski definition) is 2. The minimum Gasteiger partial charge on any atom is -0.395 e. The predicted molar refractivity (Wildman–Crippen MR) is 69.0 cm³/mol. The van der Waals surface area contributed by atoms with Crippen LogP contribution in [0.5, 0.6) is 0 Å². The van der Waals surface area contributed by atoms with E-state index in [1.54, 1.807) is 24.3 Å². The molecule has 0 spiro atoms. The molecule has 1 aromatic rings. The van der Waals surface area contributed by atoms with Gasteiger partial charge in [0.15, 0.2) is 0 Å². The van der Waals surface area contributed by atoms with Crippen LogP contribution in [0.1, 0.15) is 12.5 Å². The molecule has 96 valence electrons. The number of aliphatic hydroxyl groups is 1. The molecular formula is C13H17N3O2. The topological polar surface area (TPSA) is 76.4 Å². The molecule has 1 rings (SSSR count). The lowest BCUT2D eigenvalue weighted by Gasteiger charge is -2.18. The van der Waals surface area contributed by atoms with E-state index in [9.17, 15) is 4.79 Å². The lowest BCUT2D eigenvalue weighted by molar-refractivity contribution is -0.117. The van der Waals surface area contributed by atoms with Crippen molar-refractivity contribution < 1.29 is 9.90 Å². The first-order valence-corrected chi connectivity index (χ1v) is 5.83. The fourth-order valence-electron chi connectivity index (χ4n) is 1.57. The number of benzene rings is 1. The Morgan fingerprint density at radius 2 is 2.22 bits per heavy atom. The van der Waals surface area contributed by atoms with Crippen LogP contribution in [0.25, 0.3) is 0 Å². The molecule has 0 unspecified atom stereocenters. The Balaban J connectivity index is 2.62. The molecule has 0 aliphatic heterocycles. The minimum atomic E-state index is -0.187. The number of aliphatic hydroxyl groups excluding tert-OH is 1. The Labute approximate surface area is 107 Å². The number of carbonyl (C=O) groups excluding carboxylic acids is 1. The predicted octanol–water partition coefficient (Wildman–Crippen LogP) is 0.811. The first kappa shape index (κ1) is 14.2. The normalized spacial score (nSPS) is 10.1. The van der Waals surface area contributed by atoms with Crippen molar-refractivity contribution in [2.75, 3.05) is 31.6 Å². The van der Waals surface area contributed by atoms with Gasteiger partial charge in [-0.05, 0) is 18.7 Å². The van der Waals surface area contributed by atoms with Crippen LogP contribution in [0.2, 0.25) is 0 Å². The van der Waals surface area contributed by atoms with Crippen LogP contribution in [0.15, 0.2) is 24.3 Å². The van der Waals surface area contributed by atoms with Crippen molar-refractivity contribution in [3.63, 3.8) is 0 Å². The van der Waals surface area contributed by atoms with Gasteiger partial charge in [0.05, 0.1) is 24.4 Å². The van der Waals surface area contributed by atoms with Crippen molar-refractivity contribution in [3.05, 3.63) is 29.8 Å². The van der Waals surface area contributed by atoms with Crippen LogP contribution in [-0.4, -0.2) is 42.2 Å². The fraction of sp³-hybridized carbons (Fsp3) is 0.385. The number of hydrogen-bond acceptors (Lipinski definition) is 4.